The standard InChI is InChI=1S/C17H25N3O/c1-12(2)19-9-15-5-6-17(16(7-15)8-18)20-10-14(4)21-11-13(20)3/h5-7,12-14,19H,9-11H2,1-4H3. The molecule has 2 rings (SSSR count). The summed E-state index contributed by atoms with van der Waals surface area (Å²) in [4.78, 5) is 2.28. The zero-order valence-electron chi connectivity index (χ0n) is 13.4. The molecule has 0 aliphatic carbocycles. The predicted octanol–water partition coefficient (Wildman–Crippen LogP) is 2.67. The first-order chi connectivity index (χ1) is 10.0. The Balaban J connectivity index is 2.21. The minimum atomic E-state index is 0.204. The highest BCUT2D eigenvalue weighted by Crippen LogP contribution is 2.26. The third-order valence-corrected chi connectivity index (χ3v) is 3.81. The van der Waals surface area contributed by atoms with Gasteiger partial charge in [-0.05, 0) is 31.5 Å². The van der Waals surface area contributed by atoms with Crippen LogP contribution in [0.3, 0.4) is 0 Å². The molecule has 2 atom stereocenters. The van der Waals surface area contributed by atoms with Gasteiger partial charge in [0.25, 0.3) is 0 Å². The number of nitriles is 1. The van der Waals surface area contributed by atoms with Crippen molar-refractivity contribution in [3.63, 3.8) is 0 Å². The van der Waals surface area contributed by atoms with Gasteiger partial charge in [-0.25, -0.2) is 0 Å². The maximum atomic E-state index is 9.47. The van der Waals surface area contributed by atoms with Crippen LogP contribution in [-0.2, 0) is 11.3 Å². The Bertz CT molecular complexity index is 521. The van der Waals surface area contributed by atoms with Crippen LogP contribution in [0.2, 0.25) is 0 Å². The summed E-state index contributed by atoms with van der Waals surface area (Å²) in [6.45, 7) is 10.8. The molecule has 4 heteroatoms. The van der Waals surface area contributed by atoms with Crippen molar-refractivity contribution in [3.05, 3.63) is 29.3 Å². The number of nitrogens with one attached hydrogen (secondary N) is 1. The number of nitrogens with zero attached hydrogens (tertiary/aromatic N) is 2. The molecular weight excluding hydrogens is 262 g/mol. The topological polar surface area (TPSA) is 48.3 Å². The first kappa shape index (κ1) is 15.8. The first-order valence-electron chi connectivity index (χ1n) is 7.66. The van der Waals surface area contributed by atoms with Gasteiger partial charge in [0.15, 0.2) is 0 Å². The molecule has 4 nitrogen and oxygen atoms in total. The lowest BCUT2D eigenvalue weighted by Gasteiger charge is -2.39. The molecule has 1 saturated heterocycles. The van der Waals surface area contributed by atoms with E-state index >= 15 is 0 Å². The van der Waals surface area contributed by atoms with Gasteiger partial charge >= 0.3 is 0 Å². The molecule has 1 aromatic rings. The highest BCUT2D eigenvalue weighted by Gasteiger charge is 2.25. The van der Waals surface area contributed by atoms with Crippen molar-refractivity contribution in [2.45, 2.75) is 52.4 Å². The molecular formula is C17H25N3O. The highest BCUT2D eigenvalue weighted by atomic mass is 16.5. The maximum absolute atomic E-state index is 9.47. The fourth-order valence-corrected chi connectivity index (χ4v) is 2.59. The van der Waals surface area contributed by atoms with Gasteiger partial charge in [-0.2, -0.15) is 5.26 Å². The maximum Gasteiger partial charge on any atom is 0.101 e. The second-order valence-electron chi connectivity index (χ2n) is 6.14. The van der Waals surface area contributed by atoms with Crippen molar-refractivity contribution in [2.24, 2.45) is 0 Å². The number of hydrogen-bond donors (Lipinski definition) is 1. The van der Waals surface area contributed by atoms with E-state index in [9.17, 15) is 5.26 Å². The van der Waals surface area contributed by atoms with Gasteiger partial charge in [0, 0.05) is 25.2 Å². The molecule has 0 bridgehead atoms. The molecule has 1 N–H and O–H groups in total. The minimum Gasteiger partial charge on any atom is -0.375 e. The second kappa shape index (κ2) is 6.93. The summed E-state index contributed by atoms with van der Waals surface area (Å²) in [6.07, 6.45) is 0.204. The number of morpholine rings is 1. The quantitative estimate of drug-likeness (QED) is 0.925. The molecule has 2 unspecified atom stereocenters. The van der Waals surface area contributed by atoms with Crippen LogP contribution >= 0.6 is 0 Å². The fourth-order valence-electron chi connectivity index (χ4n) is 2.59. The van der Waals surface area contributed by atoms with Crippen molar-refractivity contribution >= 4 is 5.69 Å². The number of benzene rings is 1. The van der Waals surface area contributed by atoms with E-state index in [1.165, 1.54) is 0 Å². The van der Waals surface area contributed by atoms with Gasteiger partial charge in [0.2, 0.25) is 0 Å². The molecule has 0 amide bonds. The van der Waals surface area contributed by atoms with E-state index in [0.717, 1.165) is 29.9 Å². The average Bonchev–Trinajstić information content (AvgIpc) is 2.47. The normalized spacial score (nSPS) is 22.4. The number of hydrogen-bond acceptors (Lipinski definition) is 4. The molecule has 1 heterocycles. The number of rotatable bonds is 4. The lowest BCUT2D eigenvalue weighted by Crippen LogP contribution is -2.47. The Morgan fingerprint density at radius 2 is 2.19 bits per heavy atom. The Morgan fingerprint density at radius 3 is 2.86 bits per heavy atom. The van der Waals surface area contributed by atoms with E-state index in [4.69, 9.17) is 4.74 Å². The third kappa shape index (κ3) is 3.96. The van der Waals surface area contributed by atoms with Crippen LogP contribution in [-0.4, -0.2) is 31.3 Å². The van der Waals surface area contributed by atoms with Gasteiger partial charge in [0.1, 0.15) is 6.07 Å². The van der Waals surface area contributed by atoms with Crippen LogP contribution < -0.4 is 10.2 Å². The smallest absolute Gasteiger partial charge is 0.101 e. The van der Waals surface area contributed by atoms with Gasteiger partial charge in [-0.3, -0.25) is 0 Å². The summed E-state index contributed by atoms with van der Waals surface area (Å²) in [6, 6.07) is 9.27. The second-order valence-corrected chi connectivity index (χ2v) is 6.14. The van der Waals surface area contributed by atoms with E-state index in [1.54, 1.807) is 0 Å². The summed E-state index contributed by atoms with van der Waals surface area (Å²) in [5.41, 5.74) is 2.92. The first-order valence-corrected chi connectivity index (χ1v) is 7.66. The Kier molecular flexibility index (Phi) is 5.22. The van der Waals surface area contributed by atoms with E-state index in [1.807, 2.05) is 6.07 Å². The van der Waals surface area contributed by atoms with Crippen LogP contribution in [0, 0.1) is 11.3 Å². The molecule has 0 aromatic heterocycles. The lowest BCUT2D eigenvalue weighted by atomic mass is 10.1. The van der Waals surface area contributed by atoms with Crippen molar-refractivity contribution in [3.8, 4) is 6.07 Å². The van der Waals surface area contributed by atoms with Gasteiger partial charge in [0.05, 0.1) is 24.0 Å². The summed E-state index contributed by atoms with van der Waals surface area (Å²) in [7, 11) is 0. The summed E-state index contributed by atoms with van der Waals surface area (Å²) >= 11 is 0. The van der Waals surface area contributed by atoms with E-state index in [-0.39, 0.29) is 6.10 Å². The Labute approximate surface area is 127 Å². The van der Waals surface area contributed by atoms with E-state index in [2.05, 4.69) is 56.1 Å². The molecule has 0 spiro atoms. The largest absolute Gasteiger partial charge is 0.375 e. The fraction of sp³-hybridized carbons (Fsp3) is 0.588. The summed E-state index contributed by atoms with van der Waals surface area (Å²) < 4.78 is 5.67. The zero-order valence-corrected chi connectivity index (χ0v) is 13.4. The van der Waals surface area contributed by atoms with E-state index in [0.29, 0.717) is 18.7 Å². The average molecular weight is 287 g/mol. The lowest BCUT2D eigenvalue weighted by molar-refractivity contribution is 0.0343. The molecule has 114 valence electrons. The SMILES string of the molecule is CC(C)NCc1ccc(N2CC(C)OCC2C)c(C#N)c1. The van der Waals surface area contributed by atoms with Gasteiger partial charge in [-0.1, -0.05) is 19.9 Å². The molecule has 1 fully saturated rings. The molecule has 0 radical (unpaired) electrons. The van der Waals surface area contributed by atoms with Crippen molar-refractivity contribution in [2.75, 3.05) is 18.1 Å². The van der Waals surface area contributed by atoms with Gasteiger partial charge in [-0.15, -0.1) is 0 Å². The van der Waals surface area contributed by atoms with Crippen molar-refractivity contribution in [1.29, 1.82) is 5.26 Å². The zero-order chi connectivity index (χ0) is 15.4. The van der Waals surface area contributed by atoms with Crippen LogP contribution in [0.25, 0.3) is 0 Å². The Morgan fingerprint density at radius 1 is 1.43 bits per heavy atom. The van der Waals surface area contributed by atoms with Crippen LogP contribution in [0.5, 0.6) is 0 Å². The number of ether oxygens (including phenoxy) is 1. The molecule has 1 aliphatic rings. The number of anilines is 1. The minimum absolute atomic E-state index is 0.204. The third-order valence-electron chi connectivity index (χ3n) is 3.81. The van der Waals surface area contributed by atoms with Crippen LogP contribution in [0.4, 0.5) is 5.69 Å². The van der Waals surface area contributed by atoms with Crippen molar-refractivity contribution < 1.29 is 4.74 Å². The molecule has 0 saturated carbocycles. The predicted molar refractivity (Wildman–Crippen MR) is 85.4 cm³/mol. The van der Waals surface area contributed by atoms with Gasteiger partial charge < -0.3 is 15.0 Å². The molecule has 21 heavy (non-hydrogen) atoms. The molecule has 1 aromatic carbocycles. The molecule has 1 aliphatic heterocycles. The van der Waals surface area contributed by atoms with Crippen LogP contribution in [0.1, 0.15) is 38.8 Å². The van der Waals surface area contributed by atoms with Crippen LogP contribution in [0.15, 0.2) is 18.2 Å². The van der Waals surface area contributed by atoms with Crippen molar-refractivity contribution in [1.82, 2.24) is 5.32 Å². The van der Waals surface area contributed by atoms with E-state index < -0.39 is 0 Å². The summed E-state index contributed by atoms with van der Waals surface area (Å²) in [5, 5.41) is 12.9. The monoisotopic (exact) mass is 287 g/mol. The summed E-state index contributed by atoms with van der Waals surface area (Å²) in [5.74, 6) is 0. The highest BCUT2D eigenvalue weighted by molar-refractivity contribution is 5.61. The Hall–Kier alpha value is -1.57.